The van der Waals surface area contributed by atoms with E-state index in [9.17, 15) is 9.90 Å². The van der Waals surface area contributed by atoms with Gasteiger partial charge in [0.25, 0.3) is 0 Å². The van der Waals surface area contributed by atoms with Gasteiger partial charge in [-0.1, -0.05) is 11.6 Å². The Labute approximate surface area is 116 Å². The number of fused-ring (bicyclic) bond motifs is 1. The van der Waals surface area contributed by atoms with Crippen LogP contribution in [0.15, 0.2) is 18.2 Å². The summed E-state index contributed by atoms with van der Waals surface area (Å²) in [6.07, 6.45) is -0.891. The molecule has 0 aromatic heterocycles. The summed E-state index contributed by atoms with van der Waals surface area (Å²) in [5.41, 5.74) is 2.42. The largest absolute Gasteiger partial charge is 0.485 e. The molecule has 2 rings (SSSR count). The Morgan fingerprint density at radius 2 is 2.21 bits per heavy atom. The van der Waals surface area contributed by atoms with E-state index in [2.05, 4.69) is 5.48 Å². The van der Waals surface area contributed by atoms with E-state index in [1.165, 1.54) is 6.92 Å². The minimum Gasteiger partial charge on any atom is -0.485 e. The third-order valence-corrected chi connectivity index (χ3v) is 3.27. The average molecular weight is 286 g/mol. The van der Waals surface area contributed by atoms with Gasteiger partial charge in [0, 0.05) is 17.5 Å². The van der Waals surface area contributed by atoms with E-state index < -0.39 is 23.7 Å². The second-order valence-corrected chi connectivity index (χ2v) is 5.46. The van der Waals surface area contributed by atoms with Crippen LogP contribution in [0, 0.1) is 0 Å². The minimum atomic E-state index is -0.891. The molecule has 5 nitrogen and oxygen atoms in total. The van der Waals surface area contributed by atoms with Crippen LogP contribution in [0.2, 0.25) is 5.02 Å². The van der Waals surface area contributed by atoms with Crippen molar-refractivity contribution in [1.82, 2.24) is 5.48 Å². The van der Waals surface area contributed by atoms with Crippen LogP contribution in [-0.2, 0) is 9.63 Å². The second-order valence-electron chi connectivity index (χ2n) is 5.02. The van der Waals surface area contributed by atoms with Gasteiger partial charge in [0.05, 0.1) is 0 Å². The highest BCUT2D eigenvalue weighted by atomic mass is 35.5. The first-order chi connectivity index (χ1) is 8.81. The summed E-state index contributed by atoms with van der Waals surface area (Å²) < 4.78 is 5.73. The van der Waals surface area contributed by atoms with E-state index in [1.54, 1.807) is 32.0 Å². The van der Waals surface area contributed by atoms with Gasteiger partial charge < -0.3 is 14.7 Å². The van der Waals surface area contributed by atoms with Crippen LogP contribution in [-0.4, -0.2) is 22.8 Å². The summed E-state index contributed by atoms with van der Waals surface area (Å²) in [5.74, 6) is 0.115. The fourth-order valence-corrected chi connectivity index (χ4v) is 2.23. The van der Waals surface area contributed by atoms with Crippen molar-refractivity contribution >= 4 is 17.6 Å². The van der Waals surface area contributed by atoms with E-state index in [-0.39, 0.29) is 0 Å². The number of benzene rings is 1. The van der Waals surface area contributed by atoms with Crippen molar-refractivity contribution in [3.63, 3.8) is 0 Å². The Hall–Kier alpha value is -1.30. The summed E-state index contributed by atoms with van der Waals surface area (Å²) >= 11 is 5.95. The molecule has 0 amide bonds. The minimum absolute atomic E-state index is 0.486. The van der Waals surface area contributed by atoms with Crippen molar-refractivity contribution in [2.45, 2.75) is 38.5 Å². The van der Waals surface area contributed by atoms with Crippen molar-refractivity contribution in [3.05, 3.63) is 28.8 Å². The zero-order valence-corrected chi connectivity index (χ0v) is 11.7. The molecule has 0 unspecified atom stereocenters. The molecule has 0 saturated carbocycles. The first-order valence-electron chi connectivity index (χ1n) is 5.91. The Morgan fingerprint density at radius 1 is 1.53 bits per heavy atom. The molecule has 0 bridgehead atoms. The fourth-order valence-electron chi connectivity index (χ4n) is 2.04. The molecule has 0 radical (unpaired) electrons. The first-order valence-corrected chi connectivity index (χ1v) is 6.28. The zero-order valence-electron chi connectivity index (χ0n) is 10.9. The SMILES string of the molecule is CC(=O)ON[C@H]1c2cc(Cl)ccc2OC(C)(C)[C@@H]1O. The summed E-state index contributed by atoms with van der Waals surface area (Å²) in [5, 5.41) is 10.8. The number of rotatable bonds is 2. The number of nitrogens with one attached hydrogen (secondary N) is 1. The smallest absolute Gasteiger partial charge is 0.321 e. The van der Waals surface area contributed by atoms with Crippen molar-refractivity contribution < 1.29 is 19.5 Å². The lowest BCUT2D eigenvalue weighted by atomic mass is 9.87. The number of aliphatic hydroxyl groups is 1. The molecule has 2 atom stereocenters. The lowest BCUT2D eigenvalue weighted by Crippen LogP contribution is -2.52. The predicted octanol–water partition coefficient (Wildman–Crippen LogP) is 1.98. The molecule has 0 saturated heterocycles. The number of hydrogen-bond acceptors (Lipinski definition) is 5. The molecule has 0 aliphatic carbocycles. The molecule has 2 N–H and O–H groups in total. The molecule has 19 heavy (non-hydrogen) atoms. The van der Waals surface area contributed by atoms with Gasteiger partial charge in [-0.25, -0.2) is 0 Å². The maximum Gasteiger partial charge on any atom is 0.321 e. The molecule has 1 aromatic rings. The van der Waals surface area contributed by atoms with E-state index in [4.69, 9.17) is 21.2 Å². The molecular weight excluding hydrogens is 270 g/mol. The van der Waals surface area contributed by atoms with Crippen LogP contribution < -0.4 is 10.2 Å². The summed E-state index contributed by atoms with van der Waals surface area (Å²) in [6.45, 7) is 4.80. The Bertz CT molecular complexity index is 503. The first kappa shape index (κ1) is 14.1. The van der Waals surface area contributed by atoms with Crippen molar-refractivity contribution in [1.29, 1.82) is 0 Å². The Balaban J connectivity index is 2.38. The monoisotopic (exact) mass is 285 g/mol. The van der Waals surface area contributed by atoms with Crippen LogP contribution in [0.25, 0.3) is 0 Å². The highest BCUT2D eigenvalue weighted by Gasteiger charge is 2.43. The van der Waals surface area contributed by atoms with Crippen LogP contribution in [0.4, 0.5) is 0 Å². The molecule has 1 heterocycles. The molecule has 0 spiro atoms. The standard InChI is InChI=1S/C13H16ClNO4/c1-7(16)19-15-11-9-6-8(14)4-5-10(9)18-13(2,3)12(11)17/h4-6,11-12,15,17H,1-3H3/t11-,12+/m0/s1. The number of carbonyl (C=O) groups excluding carboxylic acids is 1. The van der Waals surface area contributed by atoms with Crippen LogP contribution in [0.5, 0.6) is 5.75 Å². The number of ether oxygens (including phenoxy) is 1. The third-order valence-electron chi connectivity index (χ3n) is 3.04. The molecular formula is C13H16ClNO4. The lowest BCUT2D eigenvalue weighted by molar-refractivity contribution is -0.157. The number of aliphatic hydroxyl groups excluding tert-OH is 1. The third kappa shape index (κ3) is 2.83. The second kappa shape index (κ2) is 5.00. The van der Waals surface area contributed by atoms with E-state index in [0.29, 0.717) is 16.3 Å². The highest BCUT2D eigenvalue weighted by molar-refractivity contribution is 6.30. The zero-order chi connectivity index (χ0) is 14.2. The van der Waals surface area contributed by atoms with Gasteiger partial charge in [-0.05, 0) is 32.0 Å². The van der Waals surface area contributed by atoms with Crippen LogP contribution in [0.3, 0.4) is 0 Å². The predicted molar refractivity (Wildman–Crippen MR) is 69.8 cm³/mol. The summed E-state index contributed by atoms with van der Waals surface area (Å²) in [6, 6.07) is 4.52. The highest BCUT2D eigenvalue weighted by Crippen LogP contribution is 2.40. The van der Waals surface area contributed by atoms with Gasteiger partial charge in [0.15, 0.2) is 0 Å². The molecule has 1 aliphatic rings. The number of hydroxylamine groups is 1. The molecule has 0 fully saturated rings. The van der Waals surface area contributed by atoms with Crippen molar-refractivity contribution in [3.8, 4) is 5.75 Å². The van der Waals surface area contributed by atoms with Crippen LogP contribution >= 0.6 is 11.6 Å². The van der Waals surface area contributed by atoms with Crippen LogP contribution in [0.1, 0.15) is 32.4 Å². The number of halogens is 1. The van der Waals surface area contributed by atoms with Gasteiger partial charge in [0.2, 0.25) is 0 Å². The molecule has 6 heteroatoms. The van der Waals surface area contributed by atoms with Crippen molar-refractivity contribution in [2.24, 2.45) is 0 Å². The molecule has 1 aromatic carbocycles. The Morgan fingerprint density at radius 3 is 2.84 bits per heavy atom. The average Bonchev–Trinajstić information content (AvgIpc) is 2.30. The number of carbonyl (C=O) groups is 1. The number of hydrogen-bond donors (Lipinski definition) is 2. The van der Waals surface area contributed by atoms with E-state index >= 15 is 0 Å². The normalized spacial score (nSPS) is 24.3. The summed E-state index contributed by atoms with van der Waals surface area (Å²) in [7, 11) is 0. The maximum absolute atomic E-state index is 10.9. The quantitative estimate of drug-likeness (QED) is 0.813. The van der Waals surface area contributed by atoms with Gasteiger partial charge in [-0.3, -0.25) is 4.79 Å². The van der Waals surface area contributed by atoms with Gasteiger partial charge >= 0.3 is 5.97 Å². The topological polar surface area (TPSA) is 67.8 Å². The lowest BCUT2D eigenvalue weighted by Gasteiger charge is -2.41. The maximum atomic E-state index is 10.9. The van der Waals surface area contributed by atoms with E-state index in [0.717, 1.165) is 0 Å². The summed E-state index contributed by atoms with van der Waals surface area (Å²) in [4.78, 5) is 15.7. The van der Waals surface area contributed by atoms with Gasteiger partial charge in [-0.2, -0.15) is 0 Å². The van der Waals surface area contributed by atoms with Gasteiger partial charge in [-0.15, -0.1) is 5.48 Å². The Kier molecular flexibility index (Phi) is 3.71. The van der Waals surface area contributed by atoms with Gasteiger partial charge in [0.1, 0.15) is 23.5 Å². The molecule has 1 aliphatic heterocycles. The fraction of sp³-hybridized carbons (Fsp3) is 0.462. The van der Waals surface area contributed by atoms with Crippen molar-refractivity contribution in [2.75, 3.05) is 0 Å². The molecule has 104 valence electrons. The van der Waals surface area contributed by atoms with E-state index in [1.807, 2.05) is 0 Å².